The van der Waals surface area contributed by atoms with E-state index in [2.05, 4.69) is 20.5 Å². The molecule has 1 atom stereocenters. The summed E-state index contributed by atoms with van der Waals surface area (Å²) in [6.07, 6.45) is 3.40. The van der Waals surface area contributed by atoms with Crippen molar-refractivity contribution in [2.24, 2.45) is 5.73 Å². The normalized spacial score (nSPS) is 12.0. The topological polar surface area (TPSA) is 117 Å². The molecule has 0 aliphatic carbocycles. The number of aryl methyl sites for hydroxylation is 1. The van der Waals surface area contributed by atoms with Gasteiger partial charge in [-0.25, -0.2) is 4.98 Å². The summed E-state index contributed by atoms with van der Waals surface area (Å²) in [6, 6.07) is 6.08. The standard InChI is InChI=1S/C14H19N5O2/c15-12(8-10-3-5-11(20)6-4-10)14(21)16-7-1-2-13-17-9-18-19-13/h3-6,9,12,20H,1-2,7-8,15H2,(H,16,21)(H,17,18,19)/t12-/m1/s1. The third-order valence-corrected chi connectivity index (χ3v) is 3.08. The van der Waals surface area contributed by atoms with Gasteiger partial charge in [-0.3, -0.25) is 9.89 Å². The lowest BCUT2D eigenvalue weighted by Crippen LogP contribution is -2.42. The van der Waals surface area contributed by atoms with E-state index in [0.717, 1.165) is 24.2 Å². The van der Waals surface area contributed by atoms with Crippen molar-refractivity contribution in [3.63, 3.8) is 0 Å². The predicted molar refractivity (Wildman–Crippen MR) is 77.5 cm³/mol. The van der Waals surface area contributed by atoms with Crippen molar-refractivity contribution in [2.75, 3.05) is 6.54 Å². The molecule has 0 spiro atoms. The number of nitrogens with two attached hydrogens (primary N) is 1. The molecule has 7 nitrogen and oxygen atoms in total. The molecule has 1 aromatic heterocycles. The molecule has 0 saturated carbocycles. The molecule has 112 valence electrons. The number of nitrogens with one attached hydrogen (secondary N) is 2. The Labute approximate surface area is 122 Å². The van der Waals surface area contributed by atoms with E-state index in [0.29, 0.717) is 13.0 Å². The number of hydrogen-bond acceptors (Lipinski definition) is 5. The van der Waals surface area contributed by atoms with E-state index in [4.69, 9.17) is 5.73 Å². The fraction of sp³-hybridized carbons (Fsp3) is 0.357. The van der Waals surface area contributed by atoms with Gasteiger partial charge in [0.2, 0.25) is 5.91 Å². The second-order valence-corrected chi connectivity index (χ2v) is 4.80. The molecule has 0 bridgehead atoms. The lowest BCUT2D eigenvalue weighted by Gasteiger charge is -2.12. The largest absolute Gasteiger partial charge is 0.508 e. The number of aromatic nitrogens is 3. The summed E-state index contributed by atoms with van der Waals surface area (Å²) in [5.41, 5.74) is 6.78. The van der Waals surface area contributed by atoms with Crippen molar-refractivity contribution >= 4 is 5.91 Å². The maximum atomic E-state index is 11.9. The summed E-state index contributed by atoms with van der Waals surface area (Å²) in [5, 5.41) is 18.5. The van der Waals surface area contributed by atoms with E-state index in [1.807, 2.05) is 0 Å². The number of aromatic amines is 1. The Kier molecular flexibility index (Phi) is 5.28. The lowest BCUT2D eigenvalue weighted by molar-refractivity contribution is -0.122. The van der Waals surface area contributed by atoms with Gasteiger partial charge in [-0.15, -0.1) is 0 Å². The van der Waals surface area contributed by atoms with Crippen LogP contribution in [-0.2, 0) is 17.6 Å². The quantitative estimate of drug-likeness (QED) is 0.540. The van der Waals surface area contributed by atoms with E-state index < -0.39 is 6.04 Å². The molecule has 0 radical (unpaired) electrons. The molecule has 0 aliphatic heterocycles. The molecule has 0 unspecified atom stereocenters. The molecule has 0 aliphatic rings. The van der Waals surface area contributed by atoms with Gasteiger partial charge in [0.1, 0.15) is 17.9 Å². The SMILES string of the molecule is N[C@H](Cc1ccc(O)cc1)C(=O)NCCCc1ncn[nH]1. The van der Waals surface area contributed by atoms with Crippen LogP contribution in [0.2, 0.25) is 0 Å². The average molecular weight is 289 g/mol. The first-order chi connectivity index (χ1) is 10.1. The predicted octanol–water partition coefficient (Wildman–Crippen LogP) is 0.129. The highest BCUT2D eigenvalue weighted by Gasteiger charge is 2.13. The molecule has 0 fully saturated rings. The van der Waals surface area contributed by atoms with Gasteiger partial charge in [-0.05, 0) is 30.5 Å². The van der Waals surface area contributed by atoms with Gasteiger partial charge in [0.15, 0.2) is 0 Å². The van der Waals surface area contributed by atoms with Crippen LogP contribution in [0.5, 0.6) is 5.75 Å². The number of carbonyl (C=O) groups is 1. The first-order valence-electron chi connectivity index (χ1n) is 6.80. The minimum absolute atomic E-state index is 0.180. The third-order valence-electron chi connectivity index (χ3n) is 3.08. The number of nitrogens with zero attached hydrogens (tertiary/aromatic N) is 2. The van der Waals surface area contributed by atoms with Crippen LogP contribution in [0.25, 0.3) is 0 Å². The molecule has 21 heavy (non-hydrogen) atoms. The van der Waals surface area contributed by atoms with Gasteiger partial charge in [-0.2, -0.15) is 5.10 Å². The third kappa shape index (κ3) is 4.88. The number of benzene rings is 1. The van der Waals surface area contributed by atoms with Gasteiger partial charge in [0.05, 0.1) is 6.04 Å². The van der Waals surface area contributed by atoms with E-state index in [1.165, 1.54) is 6.33 Å². The second kappa shape index (κ2) is 7.39. The van der Waals surface area contributed by atoms with Crippen LogP contribution in [0.4, 0.5) is 0 Å². The number of aromatic hydroxyl groups is 1. The minimum Gasteiger partial charge on any atom is -0.508 e. The van der Waals surface area contributed by atoms with Gasteiger partial charge in [-0.1, -0.05) is 12.1 Å². The Hall–Kier alpha value is -2.41. The molecule has 2 rings (SSSR count). The number of phenolic OH excluding ortho intramolecular Hbond substituents is 1. The van der Waals surface area contributed by atoms with Gasteiger partial charge < -0.3 is 16.2 Å². The van der Waals surface area contributed by atoms with Crippen LogP contribution in [0, 0.1) is 0 Å². The van der Waals surface area contributed by atoms with Gasteiger partial charge in [0.25, 0.3) is 0 Å². The summed E-state index contributed by atoms with van der Waals surface area (Å²) >= 11 is 0. The van der Waals surface area contributed by atoms with Crippen molar-refractivity contribution < 1.29 is 9.90 Å². The van der Waals surface area contributed by atoms with Crippen molar-refractivity contribution in [3.8, 4) is 5.75 Å². The zero-order chi connectivity index (χ0) is 15.1. The highest BCUT2D eigenvalue weighted by molar-refractivity contribution is 5.81. The number of amides is 1. The Morgan fingerprint density at radius 1 is 1.38 bits per heavy atom. The summed E-state index contributed by atoms with van der Waals surface area (Å²) in [7, 11) is 0. The lowest BCUT2D eigenvalue weighted by atomic mass is 10.1. The Morgan fingerprint density at radius 3 is 2.81 bits per heavy atom. The van der Waals surface area contributed by atoms with Gasteiger partial charge >= 0.3 is 0 Å². The first kappa shape index (κ1) is 15.0. The number of H-pyrrole nitrogens is 1. The molecule has 2 aromatic rings. The number of hydrogen-bond donors (Lipinski definition) is 4. The highest BCUT2D eigenvalue weighted by atomic mass is 16.3. The fourth-order valence-corrected chi connectivity index (χ4v) is 1.93. The molecule has 1 amide bonds. The maximum absolute atomic E-state index is 11.9. The van der Waals surface area contributed by atoms with E-state index in [-0.39, 0.29) is 11.7 Å². The Morgan fingerprint density at radius 2 is 2.14 bits per heavy atom. The molecule has 1 heterocycles. The molecule has 5 N–H and O–H groups in total. The van der Waals surface area contributed by atoms with Crippen LogP contribution in [0.1, 0.15) is 17.8 Å². The Balaban J connectivity index is 1.68. The molecule has 1 aromatic carbocycles. The Bertz CT molecular complexity index is 553. The average Bonchev–Trinajstić information content (AvgIpc) is 2.99. The molecule has 0 saturated heterocycles. The van der Waals surface area contributed by atoms with E-state index in [1.54, 1.807) is 24.3 Å². The molecular weight excluding hydrogens is 270 g/mol. The zero-order valence-electron chi connectivity index (χ0n) is 11.6. The maximum Gasteiger partial charge on any atom is 0.237 e. The van der Waals surface area contributed by atoms with Crippen molar-refractivity contribution in [3.05, 3.63) is 42.0 Å². The number of rotatable bonds is 7. The van der Waals surface area contributed by atoms with Crippen LogP contribution in [0.3, 0.4) is 0 Å². The number of phenols is 1. The van der Waals surface area contributed by atoms with Crippen LogP contribution < -0.4 is 11.1 Å². The first-order valence-corrected chi connectivity index (χ1v) is 6.80. The number of carbonyl (C=O) groups excluding carboxylic acids is 1. The van der Waals surface area contributed by atoms with Crippen LogP contribution in [0.15, 0.2) is 30.6 Å². The molecular formula is C14H19N5O2. The van der Waals surface area contributed by atoms with Crippen molar-refractivity contribution in [1.82, 2.24) is 20.5 Å². The second-order valence-electron chi connectivity index (χ2n) is 4.80. The molecule has 7 heteroatoms. The highest BCUT2D eigenvalue weighted by Crippen LogP contribution is 2.10. The van der Waals surface area contributed by atoms with Crippen molar-refractivity contribution in [1.29, 1.82) is 0 Å². The summed E-state index contributed by atoms with van der Waals surface area (Å²) < 4.78 is 0. The zero-order valence-corrected chi connectivity index (χ0v) is 11.6. The monoisotopic (exact) mass is 289 g/mol. The minimum atomic E-state index is -0.597. The van der Waals surface area contributed by atoms with Crippen LogP contribution >= 0.6 is 0 Å². The summed E-state index contributed by atoms with van der Waals surface area (Å²) in [4.78, 5) is 15.9. The fourth-order valence-electron chi connectivity index (χ4n) is 1.93. The van der Waals surface area contributed by atoms with E-state index >= 15 is 0 Å². The van der Waals surface area contributed by atoms with Crippen molar-refractivity contribution in [2.45, 2.75) is 25.3 Å². The summed E-state index contributed by atoms with van der Waals surface area (Å²) in [5.74, 6) is 0.822. The van der Waals surface area contributed by atoms with E-state index in [9.17, 15) is 9.90 Å². The van der Waals surface area contributed by atoms with Gasteiger partial charge in [0, 0.05) is 13.0 Å². The van der Waals surface area contributed by atoms with Crippen LogP contribution in [-0.4, -0.2) is 38.8 Å². The smallest absolute Gasteiger partial charge is 0.237 e. The summed E-state index contributed by atoms with van der Waals surface area (Å²) in [6.45, 7) is 0.544.